The zero-order chi connectivity index (χ0) is 12.8. The predicted molar refractivity (Wildman–Crippen MR) is 73.5 cm³/mol. The van der Waals surface area contributed by atoms with E-state index < -0.39 is 0 Å². The van der Waals surface area contributed by atoms with Crippen LogP contribution in [0.1, 0.15) is 32.8 Å². The number of nitrogens with zero attached hydrogens (tertiary/aromatic N) is 1. The van der Waals surface area contributed by atoms with Crippen LogP contribution in [0.15, 0.2) is 24.3 Å². The number of likely N-dealkylation sites (N-methyl/N-ethyl adjacent to an activating group) is 1. The lowest BCUT2D eigenvalue weighted by Gasteiger charge is -2.23. The lowest BCUT2D eigenvalue weighted by atomic mass is 10.0. The van der Waals surface area contributed by atoms with E-state index in [1.807, 2.05) is 6.92 Å². The van der Waals surface area contributed by atoms with Crippen molar-refractivity contribution in [2.24, 2.45) is 5.92 Å². The minimum absolute atomic E-state index is 0.162. The Morgan fingerprint density at radius 2 is 1.82 bits per heavy atom. The van der Waals surface area contributed by atoms with Gasteiger partial charge in [0.25, 0.3) is 0 Å². The molecule has 0 aromatic heterocycles. The van der Waals surface area contributed by atoms with E-state index in [4.69, 9.17) is 0 Å². The number of anilines is 1. The molecule has 0 radical (unpaired) electrons. The van der Waals surface area contributed by atoms with Crippen molar-refractivity contribution in [2.75, 3.05) is 18.0 Å². The summed E-state index contributed by atoms with van der Waals surface area (Å²) in [7, 11) is 0. The molecule has 2 heteroatoms. The van der Waals surface area contributed by atoms with E-state index in [1.54, 1.807) is 0 Å². The summed E-state index contributed by atoms with van der Waals surface area (Å²) >= 11 is 0. The average Bonchev–Trinajstić information content (AvgIpc) is 2.35. The van der Waals surface area contributed by atoms with Gasteiger partial charge in [-0.1, -0.05) is 31.5 Å². The van der Waals surface area contributed by atoms with Gasteiger partial charge in [0.15, 0.2) is 5.78 Å². The number of hydrogen-bond acceptors (Lipinski definition) is 2. The third kappa shape index (κ3) is 3.88. The van der Waals surface area contributed by atoms with Crippen LogP contribution in [-0.4, -0.2) is 18.9 Å². The number of Topliss-reactive ketones (excluding diaryl/α,β-unsaturated/α-hetero) is 1. The van der Waals surface area contributed by atoms with Crippen LogP contribution in [0.2, 0.25) is 0 Å². The minimum atomic E-state index is 0.162. The summed E-state index contributed by atoms with van der Waals surface area (Å²) in [6.45, 7) is 9.62. The van der Waals surface area contributed by atoms with Crippen molar-refractivity contribution in [3.05, 3.63) is 29.8 Å². The highest BCUT2D eigenvalue weighted by Crippen LogP contribution is 2.16. The first-order valence-corrected chi connectivity index (χ1v) is 6.42. The highest BCUT2D eigenvalue weighted by Gasteiger charge is 2.14. The molecule has 1 aromatic carbocycles. The first-order chi connectivity index (χ1) is 8.08. The maximum atomic E-state index is 11.9. The first-order valence-electron chi connectivity index (χ1n) is 6.42. The number of benzene rings is 1. The van der Waals surface area contributed by atoms with Gasteiger partial charge in [-0.25, -0.2) is 0 Å². The molecule has 0 saturated carbocycles. The second-order valence-electron chi connectivity index (χ2n) is 4.63. The third-order valence-corrected chi connectivity index (χ3v) is 3.29. The second kappa shape index (κ2) is 6.43. The third-order valence-electron chi connectivity index (χ3n) is 3.29. The van der Waals surface area contributed by atoms with E-state index in [9.17, 15) is 4.79 Å². The standard InChI is InChI=1S/C15H23NO/c1-5-13(4)15(17)11-16(6-2)14-9-7-12(3)8-10-14/h7-10,13H,5-6,11H2,1-4H3. The Hall–Kier alpha value is -1.31. The summed E-state index contributed by atoms with van der Waals surface area (Å²) < 4.78 is 0. The normalized spacial score (nSPS) is 12.2. The van der Waals surface area contributed by atoms with E-state index in [0.717, 1.165) is 18.7 Å². The molecule has 1 atom stereocenters. The number of rotatable bonds is 6. The highest BCUT2D eigenvalue weighted by molar-refractivity contribution is 5.85. The van der Waals surface area contributed by atoms with Gasteiger partial charge < -0.3 is 4.90 Å². The van der Waals surface area contributed by atoms with Crippen LogP contribution < -0.4 is 4.90 Å². The Bertz CT molecular complexity index is 356. The number of carbonyl (C=O) groups excluding carboxylic acids is 1. The molecule has 1 rings (SSSR count). The monoisotopic (exact) mass is 233 g/mol. The molecular formula is C15H23NO. The van der Waals surface area contributed by atoms with Crippen LogP contribution in [0.3, 0.4) is 0 Å². The van der Waals surface area contributed by atoms with Crippen molar-refractivity contribution in [1.29, 1.82) is 0 Å². The molecule has 0 heterocycles. The molecule has 0 fully saturated rings. The Balaban J connectivity index is 2.72. The number of carbonyl (C=O) groups is 1. The SMILES string of the molecule is CCC(C)C(=O)CN(CC)c1ccc(C)cc1. The van der Waals surface area contributed by atoms with Gasteiger partial charge in [0.05, 0.1) is 6.54 Å². The van der Waals surface area contributed by atoms with E-state index >= 15 is 0 Å². The molecule has 0 aliphatic rings. The van der Waals surface area contributed by atoms with Gasteiger partial charge in [0.1, 0.15) is 0 Å². The maximum Gasteiger partial charge on any atom is 0.154 e. The molecule has 0 saturated heterocycles. The van der Waals surface area contributed by atoms with Crippen LogP contribution in [0, 0.1) is 12.8 Å². The fraction of sp³-hybridized carbons (Fsp3) is 0.533. The van der Waals surface area contributed by atoms with E-state index in [-0.39, 0.29) is 5.92 Å². The van der Waals surface area contributed by atoms with Crippen molar-refractivity contribution in [2.45, 2.75) is 34.1 Å². The van der Waals surface area contributed by atoms with Crippen molar-refractivity contribution in [1.82, 2.24) is 0 Å². The zero-order valence-electron chi connectivity index (χ0n) is 11.4. The van der Waals surface area contributed by atoms with Gasteiger partial charge in [-0.15, -0.1) is 0 Å². The Morgan fingerprint density at radius 3 is 2.29 bits per heavy atom. The van der Waals surface area contributed by atoms with Gasteiger partial charge in [0, 0.05) is 18.2 Å². The average molecular weight is 233 g/mol. The molecule has 0 aliphatic carbocycles. The maximum absolute atomic E-state index is 11.9. The second-order valence-corrected chi connectivity index (χ2v) is 4.63. The van der Waals surface area contributed by atoms with E-state index in [0.29, 0.717) is 12.3 Å². The summed E-state index contributed by atoms with van der Waals surface area (Å²) in [5, 5.41) is 0. The van der Waals surface area contributed by atoms with Crippen molar-refractivity contribution in [3.63, 3.8) is 0 Å². The first kappa shape index (κ1) is 13.8. The lowest BCUT2D eigenvalue weighted by Crippen LogP contribution is -2.32. The summed E-state index contributed by atoms with van der Waals surface area (Å²) in [4.78, 5) is 14.1. The van der Waals surface area contributed by atoms with Gasteiger partial charge in [-0.05, 0) is 32.4 Å². The molecule has 0 spiro atoms. The molecule has 1 unspecified atom stereocenters. The van der Waals surface area contributed by atoms with Crippen molar-refractivity contribution in [3.8, 4) is 0 Å². The van der Waals surface area contributed by atoms with Crippen molar-refractivity contribution >= 4 is 11.5 Å². The lowest BCUT2D eigenvalue weighted by molar-refractivity contribution is -0.121. The van der Waals surface area contributed by atoms with E-state index in [1.165, 1.54) is 5.56 Å². The van der Waals surface area contributed by atoms with E-state index in [2.05, 4.69) is 49.9 Å². The summed E-state index contributed by atoms with van der Waals surface area (Å²) in [5.41, 5.74) is 2.38. The Labute approximate surface area is 105 Å². The molecular weight excluding hydrogens is 210 g/mol. The quantitative estimate of drug-likeness (QED) is 0.750. The Morgan fingerprint density at radius 1 is 1.24 bits per heavy atom. The smallest absolute Gasteiger partial charge is 0.154 e. The van der Waals surface area contributed by atoms with Gasteiger partial charge >= 0.3 is 0 Å². The minimum Gasteiger partial charge on any atom is -0.364 e. The number of aryl methyl sites for hydroxylation is 1. The predicted octanol–water partition coefficient (Wildman–Crippen LogP) is 3.44. The number of ketones is 1. The molecule has 17 heavy (non-hydrogen) atoms. The molecule has 2 nitrogen and oxygen atoms in total. The molecule has 1 aromatic rings. The van der Waals surface area contributed by atoms with Crippen LogP contribution in [-0.2, 0) is 4.79 Å². The van der Waals surface area contributed by atoms with Gasteiger partial charge in [0.2, 0.25) is 0 Å². The molecule has 0 amide bonds. The summed E-state index contributed by atoms with van der Waals surface area (Å²) in [6, 6.07) is 8.35. The van der Waals surface area contributed by atoms with Crippen molar-refractivity contribution < 1.29 is 4.79 Å². The van der Waals surface area contributed by atoms with Gasteiger partial charge in [-0.2, -0.15) is 0 Å². The van der Waals surface area contributed by atoms with Gasteiger partial charge in [-0.3, -0.25) is 4.79 Å². The molecule has 94 valence electrons. The Kier molecular flexibility index (Phi) is 5.20. The molecule has 0 N–H and O–H groups in total. The van der Waals surface area contributed by atoms with Crippen LogP contribution in [0.25, 0.3) is 0 Å². The fourth-order valence-corrected chi connectivity index (χ4v) is 1.71. The largest absolute Gasteiger partial charge is 0.364 e. The van der Waals surface area contributed by atoms with Crippen LogP contribution >= 0.6 is 0 Å². The fourth-order valence-electron chi connectivity index (χ4n) is 1.71. The molecule has 0 aliphatic heterocycles. The molecule has 0 bridgehead atoms. The number of hydrogen-bond donors (Lipinski definition) is 0. The van der Waals surface area contributed by atoms with Crippen LogP contribution in [0.5, 0.6) is 0 Å². The summed E-state index contributed by atoms with van der Waals surface area (Å²) in [6.07, 6.45) is 0.921. The zero-order valence-corrected chi connectivity index (χ0v) is 11.4. The summed E-state index contributed by atoms with van der Waals surface area (Å²) in [5.74, 6) is 0.490. The highest BCUT2D eigenvalue weighted by atomic mass is 16.1. The van der Waals surface area contributed by atoms with Crippen LogP contribution in [0.4, 0.5) is 5.69 Å². The topological polar surface area (TPSA) is 20.3 Å².